The van der Waals surface area contributed by atoms with Gasteiger partial charge in [0.2, 0.25) is 0 Å². The number of nitrogens with two attached hydrogens (primary N) is 1. The van der Waals surface area contributed by atoms with Crippen LogP contribution in [0.3, 0.4) is 0 Å². The predicted molar refractivity (Wildman–Crippen MR) is 84.2 cm³/mol. The van der Waals surface area contributed by atoms with Crippen LogP contribution in [0.1, 0.15) is 32.0 Å². The predicted octanol–water partition coefficient (Wildman–Crippen LogP) is 3.47. The fraction of sp³-hybridized carbons (Fsp3) is 0.471. The van der Waals surface area contributed by atoms with Gasteiger partial charge in [0.25, 0.3) is 0 Å². The van der Waals surface area contributed by atoms with Gasteiger partial charge in [0.05, 0.1) is 6.10 Å². The van der Waals surface area contributed by atoms with Crippen LogP contribution in [0.2, 0.25) is 0 Å². The summed E-state index contributed by atoms with van der Waals surface area (Å²) in [6.45, 7) is 9.03. The molecule has 0 radical (unpaired) electrons. The minimum Gasteiger partial charge on any atom is -0.489 e. The minimum atomic E-state index is 0.148. The third kappa shape index (κ3) is 3.28. The smallest absolute Gasteiger partial charge is 0.145 e. The van der Waals surface area contributed by atoms with Crippen LogP contribution in [0, 0.1) is 12.8 Å². The number of aromatic nitrogens is 1. The highest BCUT2D eigenvalue weighted by Gasteiger charge is 2.11. The molecule has 0 aliphatic rings. The number of nitrogens with zero attached hydrogens (tertiary/aromatic N) is 1. The Morgan fingerprint density at radius 1 is 1.25 bits per heavy atom. The first-order chi connectivity index (χ1) is 9.51. The number of hydrogen-bond acceptors (Lipinski definition) is 3. The summed E-state index contributed by atoms with van der Waals surface area (Å²) >= 11 is 0. The van der Waals surface area contributed by atoms with E-state index < -0.39 is 0 Å². The maximum atomic E-state index is 5.88. The lowest BCUT2D eigenvalue weighted by Gasteiger charge is -2.15. The van der Waals surface area contributed by atoms with Crippen molar-refractivity contribution in [1.82, 2.24) is 4.98 Å². The third-order valence-electron chi connectivity index (χ3n) is 3.39. The molecule has 0 fully saturated rings. The van der Waals surface area contributed by atoms with E-state index in [1.807, 2.05) is 26.0 Å². The standard InChI is InChI=1S/C17H24N2O/c1-11(2)20-16-7-5-6-15-13(4)9-14(19-17(15)16)8-12(3)10-18/h5-7,9,11-12H,8,10,18H2,1-4H3. The highest BCUT2D eigenvalue weighted by atomic mass is 16.5. The molecule has 2 rings (SSSR count). The zero-order valence-electron chi connectivity index (χ0n) is 12.8. The van der Waals surface area contributed by atoms with Crippen LogP contribution in [-0.2, 0) is 6.42 Å². The Labute approximate surface area is 121 Å². The van der Waals surface area contributed by atoms with E-state index in [0.717, 1.165) is 28.8 Å². The first kappa shape index (κ1) is 14.8. The van der Waals surface area contributed by atoms with Crippen LogP contribution in [0.25, 0.3) is 10.9 Å². The number of hydrogen-bond donors (Lipinski definition) is 1. The number of para-hydroxylation sites is 1. The first-order valence-corrected chi connectivity index (χ1v) is 7.27. The topological polar surface area (TPSA) is 48.1 Å². The molecule has 2 aromatic rings. The summed E-state index contributed by atoms with van der Waals surface area (Å²) in [7, 11) is 0. The molecule has 0 bridgehead atoms. The maximum absolute atomic E-state index is 5.88. The Morgan fingerprint density at radius 2 is 2.00 bits per heavy atom. The molecule has 0 aliphatic heterocycles. The molecule has 0 saturated carbocycles. The summed E-state index contributed by atoms with van der Waals surface area (Å²) < 4.78 is 5.88. The van der Waals surface area contributed by atoms with Crippen molar-refractivity contribution in [2.45, 2.75) is 40.2 Å². The molecule has 1 heterocycles. The van der Waals surface area contributed by atoms with Crippen molar-refractivity contribution in [2.75, 3.05) is 6.54 Å². The zero-order chi connectivity index (χ0) is 14.7. The van der Waals surface area contributed by atoms with Gasteiger partial charge in [0.1, 0.15) is 11.3 Å². The molecule has 3 heteroatoms. The Bertz CT molecular complexity index is 593. The number of pyridine rings is 1. The zero-order valence-corrected chi connectivity index (χ0v) is 12.8. The molecular weight excluding hydrogens is 248 g/mol. The second kappa shape index (κ2) is 6.23. The average molecular weight is 272 g/mol. The van der Waals surface area contributed by atoms with Gasteiger partial charge in [-0.25, -0.2) is 4.98 Å². The van der Waals surface area contributed by atoms with Crippen LogP contribution < -0.4 is 10.5 Å². The maximum Gasteiger partial charge on any atom is 0.145 e. The van der Waals surface area contributed by atoms with Gasteiger partial charge in [-0.2, -0.15) is 0 Å². The van der Waals surface area contributed by atoms with Gasteiger partial charge in [0.15, 0.2) is 0 Å². The lowest BCUT2D eigenvalue weighted by atomic mass is 10.0. The van der Waals surface area contributed by atoms with Crippen LogP contribution in [0.4, 0.5) is 0 Å². The average Bonchev–Trinajstić information content (AvgIpc) is 2.39. The molecule has 1 aromatic heterocycles. The van der Waals surface area contributed by atoms with Crippen molar-refractivity contribution >= 4 is 10.9 Å². The summed E-state index contributed by atoms with van der Waals surface area (Å²) in [5.41, 5.74) is 9.00. The fourth-order valence-corrected chi connectivity index (χ4v) is 2.35. The van der Waals surface area contributed by atoms with Crippen LogP contribution in [0.15, 0.2) is 24.3 Å². The SMILES string of the molecule is Cc1cc(CC(C)CN)nc2c(OC(C)C)cccc12. The lowest BCUT2D eigenvalue weighted by molar-refractivity contribution is 0.245. The molecule has 20 heavy (non-hydrogen) atoms. The molecule has 108 valence electrons. The fourth-order valence-electron chi connectivity index (χ4n) is 2.35. The summed E-state index contributed by atoms with van der Waals surface area (Å²) in [6.07, 6.45) is 1.05. The number of aryl methyl sites for hydroxylation is 1. The molecule has 0 aliphatic carbocycles. The van der Waals surface area contributed by atoms with Gasteiger partial charge in [-0.15, -0.1) is 0 Å². The van der Waals surface area contributed by atoms with E-state index in [9.17, 15) is 0 Å². The van der Waals surface area contributed by atoms with E-state index in [0.29, 0.717) is 12.5 Å². The normalized spacial score (nSPS) is 12.9. The van der Waals surface area contributed by atoms with E-state index in [2.05, 4.69) is 26.0 Å². The Kier molecular flexibility index (Phi) is 4.61. The molecule has 1 aromatic carbocycles. The van der Waals surface area contributed by atoms with E-state index in [1.165, 1.54) is 5.56 Å². The first-order valence-electron chi connectivity index (χ1n) is 7.27. The summed E-state index contributed by atoms with van der Waals surface area (Å²) in [5, 5.41) is 1.16. The van der Waals surface area contributed by atoms with E-state index in [4.69, 9.17) is 15.5 Å². The van der Waals surface area contributed by atoms with E-state index in [1.54, 1.807) is 0 Å². The second-order valence-corrected chi connectivity index (χ2v) is 5.79. The molecular formula is C17H24N2O. The van der Waals surface area contributed by atoms with Crippen molar-refractivity contribution in [2.24, 2.45) is 11.7 Å². The van der Waals surface area contributed by atoms with Crippen molar-refractivity contribution in [3.63, 3.8) is 0 Å². The van der Waals surface area contributed by atoms with Gasteiger partial charge in [0, 0.05) is 11.1 Å². The van der Waals surface area contributed by atoms with Gasteiger partial charge < -0.3 is 10.5 Å². The number of ether oxygens (including phenoxy) is 1. The molecule has 1 atom stereocenters. The van der Waals surface area contributed by atoms with E-state index >= 15 is 0 Å². The van der Waals surface area contributed by atoms with Crippen LogP contribution in [-0.4, -0.2) is 17.6 Å². The number of fused-ring (bicyclic) bond motifs is 1. The van der Waals surface area contributed by atoms with Gasteiger partial charge in [-0.1, -0.05) is 19.1 Å². The van der Waals surface area contributed by atoms with Gasteiger partial charge >= 0.3 is 0 Å². The third-order valence-corrected chi connectivity index (χ3v) is 3.39. The van der Waals surface area contributed by atoms with Crippen molar-refractivity contribution in [1.29, 1.82) is 0 Å². The number of benzene rings is 1. The quantitative estimate of drug-likeness (QED) is 0.906. The Morgan fingerprint density at radius 3 is 2.65 bits per heavy atom. The largest absolute Gasteiger partial charge is 0.489 e. The van der Waals surface area contributed by atoms with Crippen LogP contribution >= 0.6 is 0 Å². The molecule has 2 N–H and O–H groups in total. The molecule has 0 spiro atoms. The minimum absolute atomic E-state index is 0.148. The lowest BCUT2D eigenvalue weighted by Crippen LogP contribution is -2.14. The Balaban J connectivity index is 2.49. The van der Waals surface area contributed by atoms with E-state index in [-0.39, 0.29) is 6.10 Å². The molecule has 0 amide bonds. The van der Waals surface area contributed by atoms with Gasteiger partial charge in [-0.05, 0) is 57.4 Å². The number of rotatable bonds is 5. The molecule has 1 unspecified atom stereocenters. The molecule has 0 saturated heterocycles. The monoisotopic (exact) mass is 272 g/mol. The Hall–Kier alpha value is -1.61. The molecule has 3 nitrogen and oxygen atoms in total. The van der Waals surface area contributed by atoms with Crippen molar-refractivity contribution in [3.8, 4) is 5.75 Å². The van der Waals surface area contributed by atoms with Gasteiger partial charge in [-0.3, -0.25) is 0 Å². The highest BCUT2D eigenvalue weighted by molar-refractivity contribution is 5.87. The summed E-state index contributed by atoms with van der Waals surface area (Å²) in [4.78, 5) is 4.80. The summed E-state index contributed by atoms with van der Waals surface area (Å²) in [6, 6.07) is 8.27. The van der Waals surface area contributed by atoms with Crippen molar-refractivity contribution < 1.29 is 4.74 Å². The van der Waals surface area contributed by atoms with Crippen molar-refractivity contribution in [3.05, 3.63) is 35.5 Å². The highest BCUT2D eigenvalue weighted by Crippen LogP contribution is 2.28. The second-order valence-electron chi connectivity index (χ2n) is 5.79. The summed E-state index contributed by atoms with van der Waals surface area (Å²) in [5.74, 6) is 1.31. The van der Waals surface area contributed by atoms with Crippen LogP contribution in [0.5, 0.6) is 5.75 Å².